The fourth-order valence-corrected chi connectivity index (χ4v) is 2.24. The summed E-state index contributed by atoms with van der Waals surface area (Å²) in [5.41, 5.74) is 0.785. The lowest BCUT2D eigenvalue weighted by atomic mass is 9.96. The van der Waals surface area contributed by atoms with Crippen molar-refractivity contribution in [1.29, 1.82) is 0 Å². The lowest BCUT2D eigenvalue weighted by molar-refractivity contribution is 0.0863. The first kappa shape index (κ1) is 12.9. The average Bonchev–Trinajstić information content (AvgIpc) is 2.77. The van der Waals surface area contributed by atoms with Gasteiger partial charge in [-0.25, -0.2) is 4.79 Å². The summed E-state index contributed by atoms with van der Waals surface area (Å²) in [5.74, 6) is 0.575. The van der Waals surface area contributed by atoms with Gasteiger partial charge in [0.2, 0.25) is 0 Å². The highest BCUT2D eigenvalue weighted by atomic mass is 16.6. The van der Waals surface area contributed by atoms with Crippen molar-refractivity contribution >= 4 is 6.09 Å². The number of ether oxygens (including phenoxy) is 1. The molecular weight excluding hydrogens is 232 g/mol. The van der Waals surface area contributed by atoms with Gasteiger partial charge in [0.15, 0.2) is 11.9 Å². The maximum Gasteiger partial charge on any atom is 0.408 e. The van der Waals surface area contributed by atoms with Crippen LogP contribution in [0.1, 0.15) is 56.6 Å². The van der Waals surface area contributed by atoms with Crippen molar-refractivity contribution in [3.05, 3.63) is 17.5 Å². The van der Waals surface area contributed by atoms with E-state index in [2.05, 4.69) is 10.5 Å². The van der Waals surface area contributed by atoms with Crippen molar-refractivity contribution in [3.63, 3.8) is 0 Å². The topological polar surface area (TPSA) is 64.4 Å². The molecule has 0 radical (unpaired) electrons. The number of alkyl carbamates (subject to hydrolysis) is 1. The van der Waals surface area contributed by atoms with E-state index in [0.29, 0.717) is 5.76 Å². The van der Waals surface area contributed by atoms with E-state index in [0.717, 1.165) is 18.5 Å². The molecule has 1 aromatic rings. The van der Waals surface area contributed by atoms with Crippen LogP contribution < -0.4 is 5.32 Å². The zero-order valence-electron chi connectivity index (χ0n) is 10.9. The number of hydrogen-bond acceptors (Lipinski definition) is 4. The quantitative estimate of drug-likeness (QED) is 0.897. The average molecular weight is 252 g/mol. The number of nitrogens with zero attached hydrogens (tertiary/aromatic N) is 1. The van der Waals surface area contributed by atoms with Gasteiger partial charge in [-0.3, -0.25) is 0 Å². The zero-order chi connectivity index (χ0) is 13.0. The van der Waals surface area contributed by atoms with E-state index in [4.69, 9.17) is 9.26 Å². The predicted octanol–water partition coefficient (Wildman–Crippen LogP) is 3.10. The molecule has 5 heteroatoms. The van der Waals surface area contributed by atoms with E-state index in [1.165, 1.54) is 19.3 Å². The smallest absolute Gasteiger partial charge is 0.408 e. The number of carbonyl (C=O) groups excluding carboxylic acids is 1. The molecule has 1 atom stereocenters. The second-order valence-corrected chi connectivity index (χ2v) is 4.90. The van der Waals surface area contributed by atoms with E-state index < -0.39 is 6.10 Å². The molecular formula is C13H20N2O3. The Morgan fingerprint density at radius 3 is 2.83 bits per heavy atom. The second-order valence-electron chi connectivity index (χ2n) is 4.90. The van der Waals surface area contributed by atoms with Crippen molar-refractivity contribution in [2.24, 2.45) is 0 Å². The normalized spacial score (nSPS) is 18.3. The molecule has 1 N–H and O–H groups in total. The van der Waals surface area contributed by atoms with Gasteiger partial charge in [-0.2, -0.15) is 0 Å². The third kappa shape index (κ3) is 3.48. The van der Waals surface area contributed by atoms with Gasteiger partial charge in [-0.05, 0) is 26.7 Å². The molecule has 0 aliphatic heterocycles. The largest absolute Gasteiger partial charge is 0.438 e. The van der Waals surface area contributed by atoms with Gasteiger partial charge in [0.25, 0.3) is 0 Å². The Labute approximate surface area is 107 Å². The number of rotatable bonds is 3. The molecule has 0 saturated heterocycles. The molecule has 1 aliphatic carbocycles. The number of carbonyl (C=O) groups is 1. The number of amides is 1. The maximum atomic E-state index is 11.7. The van der Waals surface area contributed by atoms with Gasteiger partial charge in [-0.15, -0.1) is 0 Å². The van der Waals surface area contributed by atoms with Crippen molar-refractivity contribution in [1.82, 2.24) is 10.5 Å². The Morgan fingerprint density at radius 2 is 2.22 bits per heavy atom. The lowest BCUT2D eigenvalue weighted by Gasteiger charge is -2.23. The maximum absolute atomic E-state index is 11.7. The van der Waals surface area contributed by atoms with Crippen LogP contribution in [0.25, 0.3) is 0 Å². The van der Waals surface area contributed by atoms with Crippen LogP contribution in [0.3, 0.4) is 0 Å². The van der Waals surface area contributed by atoms with Crippen molar-refractivity contribution in [2.45, 2.75) is 58.1 Å². The van der Waals surface area contributed by atoms with Crippen molar-refractivity contribution < 1.29 is 14.1 Å². The molecule has 2 rings (SSSR count). The van der Waals surface area contributed by atoms with Gasteiger partial charge < -0.3 is 14.6 Å². The Balaban J connectivity index is 1.79. The molecule has 1 fully saturated rings. The molecule has 1 aliphatic rings. The van der Waals surface area contributed by atoms with Gasteiger partial charge in [0.1, 0.15) is 0 Å². The second kappa shape index (κ2) is 5.89. The first-order valence-corrected chi connectivity index (χ1v) is 6.55. The summed E-state index contributed by atoms with van der Waals surface area (Å²) in [6.45, 7) is 3.61. The van der Waals surface area contributed by atoms with Gasteiger partial charge in [0.05, 0.1) is 5.69 Å². The van der Waals surface area contributed by atoms with Crippen LogP contribution in [0, 0.1) is 6.92 Å². The summed E-state index contributed by atoms with van der Waals surface area (Å²) in [7, 11) is 0. The van der Waals surface area contributed by atoms with Crippen LogP contribution in [0.4, 0.5) is 4.79 Å². The molecule has 1 unspecified atom stereocenters. The number of aromatic nitrogens is 1. The standard InChI is InChI=1S/C13H20N2O3/c1-9-8-12(18-15-9)10(2)17-13(16)14-11-6-4-3-5-7-11/h8,10-11H,3-7H2,1-2H3,(H,14,16). The predicted molar refractivity (Wildman–Crippen MR) is 66.1 cm³/mol. The molecule has 1 amide bonds. The van der Waals surface area contributed by atoms with Crippen LogP contribution >= 0.6 is 0 Å². The molecule has 1 aromatic heterocycles. The first-order chi connectivity index (χ1) is 8.65. The molecule has 0 bridgehead atoms. The first-order valence-electron chi connectivity index (χ1n) is 6.55. The number of nitrogens with one attached hydrogen (secondary N) is 1. The van der Waals surface area contributed by atoms with Gasteiger partial charge in [-0.1, -0.05) is 24.4 Å². The number of aryl methyl sites for hydroxylation is 1. The number of hydrogen-bond donors (Lipinski definition) is 1. The molecule has 18 heavy (non-hydrogen) atoms. The molecule has 1 saturated carbocycles. The van der Waals surface area contributed by atoms with Gasteiger partial charge >= 0.3 is 6.09 Å². The Morgan fingerprint density at radius 1 is 1.50 bits per heavy atom. The van der Waals surface area contributed by atoms with E-state index in [1.807, 2.05) is 6.92 Å². The van der Waals surface area contributed by atoms with Crippen molar-refractivity contribution in [2.75, 3.05) is 0 Å². The van der Waals surface area contributed by atoms with Crippen molar-refractivity contribution in [3.8, 4) is 0 Å². The summed E-state index contributed by atoms with van der Waals surface area (Å²) < 4.78 is 10.3. The van der Waals surface area contributed by atoms with E-state index in [-0.39, 0.29) is 12.1 Å². The van der Waals surface area contributed by atoms with Crippen LogP contribution in [0.2, 0.25) is 0 Å². The minimum absolute atomic E-state index is 0.259. The SMILES string of the molecule is Cc1cc(C(C)OC(=O)NC2CCCCC2)on1. The lowest BCUT2D eigenvalue weighted by Crippen LogP contribution is -2.36. The highest BCUT2D eigenvalue weighted by molar-refractivity contribution is 5.67. The van der Waals surface area contributed by atoms with Crippen LogP contribution in [-0.2, 0) is 4.74 Å². The van der Waals surface area contributed by atoms with Crippen LogP contribution in [0.5, 0.6) is 0 Å². The van der Waals surface area contributed by atoms with E-state index in [9.17, 15) is 4.79 Å². The highest BCUT2D eigenvalue weighted by Gasteiger charge is 2.20. The summed E-state index contributed by atoms with van der Waals surface area (Å²) in [5, 5.41) is 6.68. The van der Waals surface area contributed by atoms with Crippen LogP contribution in [-0.4, -0.2) is 17.3 Å². The molecule has 100 valence electrons. The third-order valence-corrected chi connectivity index (χ3v) is 3.26. The summed E-state index contributed by atoms with van der Waals surface area (Å²) in [6.07, 6.45) is 4.94. The minimum atomic E-state index is -0.408. The van der Waals surface area contributed by atoms with E-state index in [1.54, 1.807) is 13.0 Å². The molecule has 0 aromatic carbocycles. The monoisotopic (exact) mass is 252 g/mol. The molecule has 1 heterocycles. The Kier molecular flexibility index (Phi) is 4.23. The highest BCUT2D eigenvalue weighted by Crippen LogP contribution is 2.20. The fraction of sp³-hybridized carbons (Fsp3) is 0.692. The fourth-order valence-electron chi connectivity index (χ4n) is 2.24. The zero-order valence-corrected chi connectivity index (χ0v) is 10.9. The van der Waals surface area contributed by atoms with E-state index >= 15 is 0 Å². The Bertz CT molecular complexity index is 397. The third-order valence-electron chi connectivity index (χ3n) is 3.26. The van der Waals surface area contributed by atoms with Crippen LogP contribution in [0.15, 0.2) is 10.6 Å². The molecule has 0 spiro atoms. The summed E-state index contributed by atoms with van der Waals surface area (Å²) >= 11 is 0. The summed E-state index contributed by atoms with van der Waals surface area (Å²) in [6, 6.07) is 2.04. The Hall–Kier alpha value is -1.52. The summed E-state index contributed by atoms with van der Waals surface area (Å²) in [4.78, 5) is 11.7. The minimum Gasteiger partial charge on any atom is -0.438 e. The van der Waals surface area contributed by atoms with Gasteiger partial charge in [0, 0.05) is 12.1 Å². The molecule has 5 nitrogen and oxygen atoms in total.